The van der Waals surface area contributed by atoms with E-state index in [9.17, 15) is 4.79 Å². The molecule has 43 heavy (non-hydrogen) atoms. The van der Waals surface area contributed by atoms with Crippen LogP contribution in [0.5, 0.6) is 17.4 Å². The minimum Gasteiger partial charge on any atom is -0.487 e. The maximum Gasteiger partial charge on any atom is 0.246 e. The van der Waals surface area contributed by atoms with Crippen LogP contribution < -0.4 is 9.47 Å². The number of aryl methyl sites for hydroxylation is 2. The van der Waals surface area contributed by atoms with Gasteiger partial charge in [0.1, 0.15) is 12.4 Å². The molecule has 5 rings (SSSR count). The highest BCUT2D eigenvalue weighted by Crippen LogP contribution is 2.34. The summed E-state index contributed by atoms with van der Waals surface area (Å²) in [6.07, 6.45) is 4.99. The van der Waals surface area contributed by atoms with Crippen molar-refractivity contribution in [2.24, 2.45) is 0 Å². The Bertz CT molecular complexity index is 1580. The zero-order valence-corrected chi connectivity index (χ0v) is 26.3. The number of pyridine rings is 1. The van der Waals surface area contributed by atoms with Gasteiger partial charge in [-0.2, -0.15) is 0 Å². The van der Waals surface area contributed by atoms with Crippen LogP contribution in [0.3, 0.4) is 0 Å². The first-order chi connectivity index (χ1) is 20.7. The van der Waals surface area contributed by atoms with E-state index in [-0.39, 0.29) is 5.91 Å². The molecule has 4 aromatic rings. The van der Waals surface area contributed by atoms with Gasteiger partial charge < -0.3 is 14.4 Å². The number of aromatic nitrogens is 1. The smallest absolute Gasteiger partial charge is 0.246 e. The van der Waals surface area contributed by atoms with Crippen molar-refractivity contribution in [1.82, 2.24) is 14.8 Å². The molecule has 1 aliphatic heterocycles. The number of rotatable bonds is 9. The lowest BCUT2D eigenvalue weighted by Crippen LogP contribution is -2.47. The SMILES string of the molecule is Cc1ccc(CN2CCN(C(=O)/C=C/c3cc(C)c(Oc4ccc(OCc5ccc(Cl)c(Cl)c5)cn4)c(Cl)c3)CC2)cc1. The van der Waals surface area contributed by atoms with E-state index in [2.05, 4.69) is 41.1 Å². The number of piperazine rings is 1. The first-order valence-corrected chi connectivity index (χ1v) is 15.1. The van der Waals surface area contributed by atoms with E-state index in [0.717, 1.165) is 36.3 Å². The Morgan fingerprint density at radius 1 is 0.860 bits per heavy atom. The van der Waals surface area contributed by atoms with Crippen molar-refractivity contribution < 1.29 is 14.3 Å². The van der Waals surface area contributed by atoms with Crippen LogP contribution in [0.15, 0.2) is 79.0 Å². The van der Waals surface area contributed by atoms with Crippen LogP contribution in [-0.2, 0) is 17.9 Å². The number of ether oxygens (including phenoxy) is 2. The Balaban J connectivity index is 1.12. The summed E-state index contributed by atoms with van der Waals surface area (Å²) < 4.78 is 11.8. The molecule has 0 bridgehead atoms. The third-order valence-electron chi connectivity index (χ3n) is 7.19. The Morgan fingerprint density at radius 3 is 2.28 bits per heavy atom. The molecule has 222 valence electrons. The highest BCUT2D eigenvalue weighted by atomic mass is 35.5. The summed E-state index contributed by atoms with van der Waals surface area (Å²) in [4.78, 5) is 21.5. The zero-order chi connectivity index (χ0) is 30.3. The second-order valence-corrected chi connectivity index (χ2v) is 11.8. The van der Waals surface area contributed by atoms with Crippen molar-refractivity contribution >= 4 is 46.8 Å². The normalized spacial score (nSPS) is 13.8. The van der Waals surface area contributed by atoms with Crippen molar-refractivity contribution in [3.05, 3.63) is 122 Å². The first-order valence-electron chi connectivity index (χ1n) is 14.0. The summed E-state index contributed by atoms with van der Waals surface area (Å²) in [5.74, 6) is 1.47. The number of carbonyl (C=O) groups is 1. The quantitative estimate of drug-likeness (QED) is 0.173. The van der Waals surface area contributed by atoms with E-state index in [1.165, 1.54) is 11.1 Å². The van der Waals surface area contributed by atoms with Crippen molar-refractivity contribution in [1.29, 1.82) is 0 Å². The molecule has 2 heterocycles. The van der Waals surface area contributed by atoms with Crippen LogP contribution in [0.25, 0.3) is 6.08 Å². The fraction of sp³-hybridized carbons (Fsp3) is 0.235. The summed E-state index contributed by atoms with van der Waals surface area (Å²) in [7, 11) is 0. The number of nitrogens with zero attached hydrogens (tertiary/aromatic N) is 3. The maximum atomic E-state index is 12.9. The van der Waals surface area contributed by atoms with E-state index in [1.807, 2.05) is 24.0 Å². The van der Waals surface area contributed by atoms with Crippen LogP contribution in [0.4, 0.5) is 0 Å². The lowest BCUT2D eigenvalue weighted by atomic mass is 10.1. The molecule has 0 N–H and O–H groups in total. The summed E-state index contributed by atoms with van der Waals surface area (Å²) >= 11 is 18.6. The molecule has 6 nitrogen and oxygen atoms in total. The van der Waals surface area contributed by atoms with Crippen LogP contribution >= 0.6 is 34.8 Å². The highest BCUT2D eigenvalue weighted by molar-refractivity contribution is 6.42. The van der Waals surface area contributed by atoms with E-state index >= 15 is 0 Å². The second-order valence-electron chi connectivity index (χ2n) is 10.5. The van der Waals surface area contributed by atoms with Gasteiger partial charge in [0, 0.05) is 44.9 Å². The van der Waals surface area contributed by atoms with Gasteiger partial charge in [-0.3, -0.25) is 9.69 Å². The summed E-state index contributed by atoms with van der Waals surface area (Å²) in [6, 6.07) is 21.2. The van der Waals surface area contributed by atoms with Gasteiger partial charge in [0.15, 0.2) is 5.75 Å². The van der Waals surface area contributed by atoms with Gasteiger partial charge in [-0.05, 0) is 72.5 Å². The molecular weight excluding hydrogens is 605 g/mol. The number of carbonyl (C=O) groups excluding carboxylic acids is 1. The van der Waals surface area contributed by atoms with Crippen molar-refractivity contribution in [2.75, 3.05) is 26.2 Å². The fourth-order valence-electron chi connectivity index (χ4n) is 4.75. The molecule has 0 aliphatic carbocycles. The van der Waals surface area contributed by atoms with Crippen molar-refractivity contribution in [3.63, 3.8) is 0 Å². The fourth-order valence-corrected chi connectivity index (χ4v) is 5.38. The Kier molecular flexibility index (Phi) is 10.3. The molecule has 1 saturated heterocycles. The Labute approximate surface area is 267 Å². The minimum atomic E-state index is -0.00486. The molecule has 3 aromatic carbocycles. The van der Waals surface area contributed by atoms with Crippen molar-refractivity contribution in [3.8, 4) is 17.4 Å². The average Bonchev–Trinajstić information content (AvgIpc) is 3.00. The molecule has 0 radical (unpaired) electrons. The maximum absolute atomic E-state index is 12.9. The molecule has 1 aliphatic rings. The highest BCUT2D eigenvalue weighted by Gasteiger charge is 2.20. The monoisotopic (exact) mass is 635 g/mol. The van der Waals surface area contributed by atoms with E-state index < -0.39 is 0 Å². The molecule has 0 atom stereocenters. The largest absolute Gasteiger partial charge is 0.487 e. The summed E-state index contributed by atoms with van der Waals surface area (Å²) in [5, 5.41) is 1.41. The molecule has 1 fully saturated rings. The topological polar surface area (TPSA) is 54.9 Å². The van der Waals surface area contributed by atoms with Gasteiger partial charge in [-0.25, -0.2) is 4.98 Å². The van der Waals surface area contributed by atoms with Gasteiger partial charge in [0.05, 0.1) is 21.3 Å². The van der Waals surface area contributed by atoms with Gasteiger partial charge in [-0.1, -0.05) is 70.7 Å². The number of hydrogen-bond acceptors (Lipinski definition) is 5. The number of hydrogen-bond donors (Lipinski definition) is 0. The third-order valence-corrected chi connectivity index (χ3v) is 8.21. The van der Waals surface area contributed by atoms with Gasteiger partial charge in [0.25, 0.3) is 0 Å². The van der Waals surface area contributed by atoms with Gasteiger partial charge >= 0.3 is 0 Å². The summed E-state index contributed by atoms with van der Waals surface area (Å²) in [6.45, 7) is 8.33. The van der Waals surface area contributed by atoms with Crippen LogP contribution in [0.1, 0.15) is 27.8 Å². The van der Waals surface area contributed by atoms with Gasteiger partial charge in [0.2, 0.25) is 11.8 Å². The van der Waals surface area contributed by atoms with E-state index in [4.69, 9.17) is 44.3 Å². The Morgan fingerprint density at radius 2 is 1.60 bits per heavy atom. The number of amides is 1. The number of benzene rings is 3. The zero-order valence-electron chi connectivity index (χ0n) is 24.0. The predicted octanol–water partition coefficient (Wildman–Crippen LogP) is 8.39. The van der Waals surface area contributed by atoms with E-state index in [0.29, 0.717) is 52.1 Å². The third kappa shape index (κ3) is 8.52. The average molecular weight is 637 g/mol. The molecule has 1 aromatic heterocycles. The van der Waals surface area contributed by atoms with Crippen LogP contribution in [0.2, 0.25) is 15.1 Å². The molecule has 9 heteroatoms. The second kappa shape index (κ2) is 14.3. The molecule has 0 saturated carbocycles. The molecule has 0 unspecified atom stereocenters. The molecule has 0 spiro atoms. The Hall–Kier alpha value is -3.55. The lowest BCUT2D eigenvalue weighted by Gasteiger charge is -2.34. The van der Waals surface area contributed by atoms with Crippen LogP contribution in [-0.4, -0.2) is 46.9 Å². The van der Waals surface area contributed by atoms with Crippen LogP contribution in [0, 0.1) is 13.8 Å². The first kappa shape index (κ1) is 30.9. The lowest BCUT2D eigenvalue weighted by molar-refractivity contribution is -0.127. The summed E-state index contributed by atoms with van der Waals surface area (Å²) in [5.41, 5.74) is 5.09. The van der Waals surface area contributed by atoms with Gasteiger partial charge in [-0.15, -0.1) is 0 Å². The standard InChI is InChI=1S/C34H32Cl3N3O3/c1-23-3-5-25(6-4-23)21-39-13-15-40(16-14-39)33(41)12-8-26-17-24(2)34(31(37)18-26)43-32-11-9-28(20-38-32)42-22-27-7-10-29(35)30(36)19-27/h3-12,17-20H,13-16,21-22H2,1-2H3/b12-8+. The van der Waals surface area contributed by atoms with E-state index in [1.54, 1.807) is 48.7 Å². The minimum absolute atomic E-state index is 0.00486. The van der Waals surface area contributed by atoms with Crippen molar-refractivity contribution in [2.45, 2.75) is 27.0 Å². The molecular formula is C34H32Cl3N3O3. The number of halogens is 3. The molecule has 1 amide bonds. The predicted molar refractivity (Wildman–Crippen MR) is 173 cm³/mol.